The van der Waals surface area contributed by atoms with Gasteiger partial charge in [-0.2, -0.15) is 9.57 Å². The maximum Gasteiger partial charge on any atom is 0.261 e. The number of benzene rings is 2. The van der Waals surface area contributed by atoms with Gasteiger partial charge in [0.25, 0.3) is 5.56 Å². The third-order valence-electron chi connectivity index (χ3n) is 5.75. The van der Waals surface area contributed by atoms with Crippen LogP contribution < -0.4 is 5.56 Å². The van der Waals surface area contributed by atoms with E-state index in [0.29, 0.717) is 49.2 Å². The van der Waals surface area contributed by atoms with Crippen molar-refractivity contribution in [3.05, 3.63) is 70.0 Å². The van der Waals surface area contributed by atoms with Crippen LogP contribution in [0.3, 0.4) is 0 Å². The Bertz CT molecular complexity index is 1350. The van der Waals surface area contributed by atoms with Gasteiger partial charge in [-0.15, -0.1) is 0 Å². The van der Waals surface area contributed by atoms with Crippen LogP contribution in [-0.2, 0) is 16.6 Å². The molecule has 0 aliphatic carbocycles. The molecule has 1 fully saturated rings. The second-order valence-corrected chi connectivity index (χ2v) is 9.60. The van der Waals surface area contributed by atoms with Crippen LogP contribution in [-0.4, -0.2) is 35.4 Å². The van der Waals surface area contributed by atoms with Crippen LogP contribution in [0.5, 0.6) is 0 Å². The highest BCUT2D eigenvalue weighted by molar-refractivity contribution is 7.89. The van der Waals surface area contributed by atoms with Crippen LogP contribution in [0.15, 0.2) is 52.2 Å². The van der Waals surface area contributed by atoms with Gasteiger partial charge in [-0.3, -0.25) is 9.36 Å². The Hall–Kier alpha value is -3.09. The van der Waals surface area contributed by atoms with Crippen molar-refractivity contribution in [1.29, 1.82) is 5.26 Å². The number of nitrogens with zero attached hydrogens (tertiary/aromatic N) is 4. The summed E-state index contributed by atoms with van der Waals surface area (Å²) in [6.45, 7) is 2.76. The first-order chi connectivity index (χ1) is 14.8. The van der Waals surface area contributed by atoms with E-state index in [9.17, 15) is 22.9 Å². The Labute approximate surface area is 179 Å². The van der Waals surface area contributed by atoms with E-state index in [1.807, 2.05) is 6.07 Å². The number of halogens is 1. The summed E-state index contributed by atoms with van der Waals surface area (Å²) in [6, 6.07) is 12.1. The van der Waals surface area contributed by atoms with Gasteiger partial charge in [-0.05, 0) is 49.9 Å². The lowest BCUT2D eigenvalue weighted by atomic mass is 9.98. The molecule has 31 heavy (non-hydrogen) atoms. The molecule has 4 rings (SSSR count). The van der Waals surface area contributed by atoms with Crippen molar-refractivity contribution in [2.24, 2.45) is 5.92 Å². The highest BCUT2D eigenvalue weighted by Crippen LogP contribution is 2.26. The first-order valence-corrected chi connectivity index (χ1v) is 11.4. The van der Waals surface area contributed by atoms with E-state index in [4.69, 9.17) is 0 Å². The van der Waals surface area contributed by atoms with Crippen LogP contribution in [0, 0.1) is 30.0 Å². The number of hydrogen-bond donors (Lipinski definition) is 0. The summed E-state index contributed by atoms with van der Waals surface area (Å²) >= 11 is 0. The van der Waals surface area contributed by atoms with E-state index >= 15 is 0 Å². The highest BCUT2D eigenvalue weighted by atomic mass is 32.2. The molecule has 2 heterocycles. The molecular formula is C22H21FN4O3S. The van der Waals surface area contributed by atoms with Crippen molar-refractivity contribution in [3.63, 3.8) is 0 Å². The number of piperidine rings is 1. The minimum Gasteiger partial charge on any atom is -0.296 e. The van der Waals surface area contributed by atoms with Gasteiger partial charge in [0.2, 0.25) is 10.0 Å². The molecule has 0 saturated carbocycles. The van der Waals surface area contributed by atoms with Gasteiger partial charge in [0, 0.05) is 25.7 Å². The summed E-state index contributed by atoms with van der Waals surface area (Å²) < 4.78 is 42.4. The lowest BCUT2D eigenvalue weighted by Gasteiger charge is -2.31. The van der Waals surface area contributed by atoms with Crippen molar-refractivity contribution in [3.8, 4) is 6.07 Å². The van der Waals surface area contributed by atoms with Crippen molar-refractivity contribution in [2.45, 2.75) is 31.2 Å². The van der Waals surface area contributed by atoms with Crippen LogP contribution in [0.2, 0.25) is 0 Å². The summed E-state index contributed by atoms with van der Waals surface area (Å²) in [5.41, 5.74) is 0.238. The smallest absolute Gasteiger partial charge is 0.261 e. The first kappa shape index (κ1) is 21.2. The van der Waals surface area contributed by atoms with E-state index in [2.05, 4.69) is 4.98 Å². The van der Waals surface area contributed by atoms with Gasteiger partial charge < -0.3 is 0 Å². The zero-order valence-corrected chi connectivity index (χ0v) is 17.8. The normalized spacial score (nSPS) is 15.8. The fourth-order valence-electron chi connectivity index (χ4n) is 4.03. The van der Waals surface area contributed by atoms with Gasteiger partial charge in [-0.1, -0.05) is 12.1 Å². The SMILES string of the molecule is Cc1nc2cc(F)ccc2c(=O)n1CC1CCN(S(=O)(=O)c2ccccc2C#N)CC1. The summed E-state index contributed by atoms with van der Waals surface area (Å²) in [4.78, 5) is 17.3. The maximum absolute atomic E-state index is 13.5. The number of aromatic nitrogens is 2. The van der Waals surface area contributed by atoms with E-state index in [-0.39, 0.29) is 21.9 Å². The van der Waals surface area contributed by atoms with Crippen molar-refractivity contribution >= 4 is 20.9 Å². The van der Waals surface area contributed by atoms with Crippen LogP contribution in [0.4, 0.5) is 4.39 Å². The van der Waals surface area contributed by atoms with E-state index in [1.165, 1.54) is 34.6 Å². The van der Waals surface area contributed by atoms with Crippen molar-refractivity contribution in [2.75, 3.05) is 13.1 Å². The number of nitriles is 1. The lowest BCUT2D eigenvalue weighted by molar-refractivity contribution is 0.250. The van der Waals surface area contributed by atoms with Gasteiger partial charge in [-0.25, -0.2) is 17.8 Å². The van der Waals surface area contributed by atoms with E-state index in [1.54, 1.807) is 23.6 Å². The third kappa shape index (κ3) is 3.96. The quantitative estimate of drug-likeness (QED) is 0.622. The number of aryl methyl sites for hydroxylation is 1. The van der Waals surface area contributed by atoms with Gasteiger partial charge in [0.05, 0.1) is 21.4 Å². The Morgan fingerprint density at radius 2 is 1.90 bits per heavy atom. The number of sulfonamides is 1. The van der Waals surface area contributed by atoms with Gasteiger partial charge in [0.15, 0.2) is 0 Å². The monoisotopic (exact) mass is 440 g/mol. The molecule has 160 valence electrons. The molecule has 0 spiro atoms. The molecule has 1 aliphatic heterocycles. The van der Waals surface area contributed by atoms with Gasteiger partial charge in [0.1, 0.15) is 17.7 Å². The minimum atomic E-state index is -3.76. The van der Waals surface area contributed by atoms with Crippen LogP contribution >= 0.6 is 0 Å². The topological polar surface area (TPSA) is 96.1 Å². The number of hydrogen-bond acceptors (Lipinski definition) is 5. The van der Waals surface area contributed by atoms with Gasteiger partial charge >= 0.3 is 0 Å². The first-order valence-electron chi connectivity index (χ1n) is 9.97. The van der Waals surface area contributed by atoms with E-state index < -0.39 is 15.8 Å². The highest BCUT2D eigenvalue weighted by Gasteiger charge is 2.31. The molecule has 0 atom stereocenters. The van der Waals surface area contributed by atoms with E-state index in [0.717, 1.165) is 0 Å². The molecule has 0 bridgehead atoms. The summed E-state index contributed by atoms with van der Waals surface area (Å²) in [5, 5.41) is 9.60. The summed E-state index contributed by atoms with van der Waals surface area (Å²) in [7, 11) is -3.76. The largest absolute Gasteiger partial charge is 0.296 e. The van der Waals surface area contributed by atoms with Crippen LogP contribution in [0.25, 0.3) is 10.9 Å². The fourth-order valence-corrected chi connectivity index (χ4v) is 5.65. The Kier molecular flexibility index (Phi) is 5.60. The zero-order valence-electron chi connectivity index (χ0n) is 17.0. The lowest BCUT2D eigenvalue weighted by Crippen LogP contribution is -2.40. The average molecular weight is 441 g/mol. The molecule has 2 aromatic carbocycles. The summed E-state index contributed by atoms with van der Waals surface area (Å²) in [6.07, 6.45) is 1.17. The molecule has 1 aliphatic rings. The Morgan fingerprint density at radius 3 is 2.61 bits per heavy atom. The Morgan fingerprint density at radius 1 is 1.19 bits per heavy atom. The number of rotatable bonds is 4. The second-order valence-electron chi connectivity index (χ2n) is 7.69. The zero-order chi connectivity index (χ0) is 22.2. The molecule has 1 aromatic heterocycles. The molecule has 0 radical (unpaired) electrons. The number of fused-ring (bicyclic) bond motifs is 1. The molecule has 1 saturated heterocycles. The summed E-state index contributed by atoms with van der Waals surface area (Å²) in [5.74, 6) is 0.165. The predicted octanol–water partition coefficient (Wildman–Crippen LogP) is 2.82. The predicted molar refractivity (Wildman–Crippen MR) is 113 cm³/mol. The second kappa shape index (κ2) is 8.21. The Balaban J connectivity index is 1.52. The van der Waals surface area contributed by atoms with Crippen LogP contribution in [0.1, 0.15) is 24.2 Å². The fraction of sp³-hybridized carbons (Fsp3) is 0.318. The molecule has 0 amide bonds. The molecule has 0 N–H and O–H groups in total. The molecule has 9 heteroatoms. The van der Waals surface area contributed by atoms with Crippen molar-refractivity contribution in [1.82, 2.24) is 13.9 Å². The van der Waals surface area contributed by atoms with Crippen molar-refractivity contribution < 1.29 is 12.8 Å². The molecule has 3 aromatic rings. The standard InChI is InChI=1S/C22H21FN4O3S/c1-15-25-20-12-18(23)6-7-19(20)22(28)27(15)14-16-8-10-26(11-9-16)31(29,30)21-5-3-2-4-17(21)13-24/h2-7,12,16H,8-11,14H2,1H3. The molecule has 7 nitrogen and oxygen atoms in total. The molecular weight excluding hydrogens is 419 g/mol. The third-order valence-corrected chi connectivity index (χ3v) is 7.70. The minimum absolute atomic E-state index is 0.0222. The molecule has 0 unspecified atom stereocenters. The maximum atomic E-state index is 13.5. The average Bonchev–Trinajstić information content (AvgIpc) is 2.76.